The second kappa shape index (κ2) is 1.98. The predicted molar refractivity (Wildman–Crippen MR) is 36.3 cm³/mol. The summed E-state index contributed by atoms with van der Waals surface area (Å²) in [6, 6.07) is 0. The predicted octanol–water partition coefficient (Wildman–Crippen LogP) is 1.96. The number of hydrogen-bond donors (Lipinski definition) is 0. The Morgan fingerprint density at radius 1 is 1.33 bits per heavy atom. The molecule has 1 nitrogen and oxygen atoms in total. The molecule has 52 valence electrons. The van der Waals surface area contributed by atoms with Crippen molar-refractivity contribution in [3.8, 4) is 0 Å². The SMILES string of the molecule is CCC1CC[C@@H]2OC2C1. The third-order valence-electron chi connectivity index (χ3n) is 2.69. The van der Waals surface area contributed by atoms with Crippen LogP contribution in [0, 0.1) is 5.92 Å². The monoisotopic (exact) mass is 126 g/mol. The summed E-state index contributed by atoms with van der Waals surface area (Å²) in [5.41, 5.74) is 0. The Labute approximate surface area is 56.4 Å². The van der Waals surface area contributed by atoms with E-state index >= 15 is 0 Å². The molecule has 1 heteroatoms. The molecule has 1 heterocycles. The fourth-order valence-electron chi connectivity index (χ4n) is 1.86. The van der Waals surface area contributed by atoms with Crippen LogP contribution in [-0.2, 0) is 4.74 Å². The lowest BCUT2D eigenvalue weighted by Gasteiger charge is -2.15. The molecule has 2 aliphatic rings. The summed E-state index contributed by atoms with van der Waals surface area (Å²) in [5.74, 6) is 0.980. The van der Waals surface area contributed by atoms with Crippen LogP contribution < -0.4 is 0 Å². The summed E-state index contributed by atoms with van der Waals surface area (Å²) < 4.78 is 5.41. The van der Waals surface area contributed by atoms with E-state index in [-0.39, 0.29) is 0 Å². The van der Waals surface area contributed by atoms with E-state index in [1.54, 1.807) is 0 Å². The zero-order chi connectivity index (χ0) is 6.27. The molecule has 2 fully saturated rings. The van der Waals surface area contributed by atoms with Crippen LogP contribution >= 0.6 is 0 Å². The van der Waals surface area contributed by atoms with Crippen LogP contribution in [0.25, 0.3) is 0 Å². The Bertz CT molecular complexity index is 111. The van der Waals surface area contributed by atoms with Crippen LogP contribution in [0.2, 0.25) is 0 Å². The molecular formula is C8H14O. The normalized spacial score (nSPS) is 48.3. The third kappa shape index (κ3) is 0.983. The minimum atomic E-state index is 0.684. The van der Waals surface area contributed by atoms with E-state index in [1.807, 2.05) is 0 Å². The van der Waals surface area contributed by atoms with Gasteiger partial charge in [0.05, 0.1) is 12.2 Å². The standard InChI is InChI=1S/C8H14O/c1-2-6-3-4-7-8(5-6)9-7/h6-8H,2-5H2,1H3/t6?,7-,8?/m0/s1. The Morgan fingerprint density at radius 2 is 2.22 bits per heavy atom. The van der Waals surface area contributed by atoms with Crippen LogP contribution in [-0.4, -0.2) is 12.2 Å². The topological polar surface area (TPSA) is 12.5 Å². The average Bonchev–Trinajstić information content (AvgIpc) is 2.64. The zero-order valence-electron chi connectivity index (χ0n) is 5.97. The highest BCUT2D eigenvalue weighted by molar-refractivity contribution is 4.91. The lowest BCUT2D eigenvalue weighted by molar-refractivity contribution is 0.357. The van der Waals surface area contributed by atoms with Gasteiger partial charge in [-0.05, 0) is 25.2 Å². The maximum Gasteiger partial charge on any atom is 0.0844 e. The second-order valence-corrected chi connectivity index (χ2v) is 3.30. The molecule has 2 unspecified atom stereocenters. The first-order valence-electron chi connectivity index (χ1n) is 4.05. The third-order valence-corrected chi connectivity index (χ3v) is 2.69. The lowest BCUT2D eigenvalue weighted by Crippen LogP contribution is -2.11. The van der Waals surface area contributed by atoms with Crippen LogP contribution in [0.1, 0.15) is 32.6 Å². The minimum absolute atomic E-state index is 0.684. The first-order chi connectivity index (χ1) is 4.40. The number of fused-ring (bicyclic) bond motifs is 1. The maximum absolute atomic E-state index is 5.41. The Morgan fingerprint density at radius 3 is 2.89 bits per heavy atom. The largest absolute Gasteiger partial charge is 0.370 e. The van der Waals surface area contributed by atoms with E-state index in [1.165, 1.54) is 25.7 Å². The fraction of sp³-hybridized carbons (Fsp3) is 1.00. The van der Waals surface area contributed by atoms with Gasteiger partial charge in [-0.15, -0.1) is 0 Å². The van der Waals surface area contributed by atoms with Crippen molar-refractivity contribution in [2.45, 2.75) is 44.8 Å². The van der Waals surface area contributed by atoms with Crippen molar-refractivity contribution in [1.29, 1.82) is 0 Å². The lowest BCUT2D eigenvalue weighted by atomic mass is 9.88. The summed E-state index contributed by atoms with van der Waals surface area (Å²) in [6.07, 6.45) is 6.82. The molecule has 0 radical (unpaired) electrons. The summed E-state index contributed by atoms with van der Waals surface area (Å²) in [4.78, 5) is 0. The van der Waals surface area contributed by atoms with Gasteiger partial charge in [0.15, 0.2) is 0 Å². The molecule has 1 aliphatic heterocycles. The zero-order valence-corrected chi connectivity index (χ0v) is 5.97. The van der Waals surface area contributed by atoms with Crippen molar-refractivity contribution in [2.24, 2.45) is 5.92 Å². The van der Waals surface area contributed by atoms with Gasteiger partial charge in [-0.3, -0.25) is 0 Å². The molecule has 2 rings (SSSR count). The summed E-state index contributed by atoms with van der Waals surface area (Å²) in [5, 5.41) is 0. The Balaban J connectivity index is 1.86. The Hall–Kier alpha value is -0.0400. The van der Waals surface area contributed by atoms with Crippen molar-refractivity contribution in [2.75, 3.05) is 0 Å². The minimum Gasteiger partial charge on any atom is -0.370 e. The van der Waals surface area contributed by atoms with E-state index < -0.39 is 0 Å². The van der Waals surface area contributed by atoms with Crippen LogP contribution in [0.15, 0.2) is 0 Å². The number of epoxide rings is 1. The first kappa shape index (κ1) is 5.72. The molecule has 1 saturated heterocycles. The van der Waals surface area contributed by atoms with Crippen molar-refractivity contribution < 1.29 is 4.74 Å². The molecule has 0 aromatic rings. The van der Waals surface area contributed by atoms with Gasteiger partial charge in [0.2, 0.25) is 0 Å². The highest BCUT2D eigenvalue weighted by Crippen LogP contribution is 2.40. The molecule has 3 atom stereocenters. The van der Waals surface area contributed by atoms with Gasteiger partial charge in [-0.25, -0.2) is 0 Å². The maximum atomic E-state index is 5.41. The van der Waals surface area contributed by atoms with E-state index in [9.17, 15) is 0 Å². The molecule has 9 heavy (non-hydrogen) atoms. The van der Waals surface area contributed by atoms with Gasteiger partial charge in [0.25, 0.3) is 0 Å². The number of hydrogen-bond acceptors (Lipinski definition) is 1. The number of rotatable bonds is 1. The average molecular weight is 126 g/mol. The molecule has 0 aromatic carbocycles. The van der Waals surface area contributed by atoms with E-state index in [2.05, 4.69) is 6.92 Å². The van der Waals surface area contributed by atoms with Gasteiger partial charge in [0, 0.05) is 0 Å². The quantitative estimate of drug-likeness (QED) is 0.489. The smallest absolute Gasteiger partial charge is 0.0844 e. The Kier molecular flexibility index (Phi) is 1.26. The van der Waals surface area contributed by atoms with E-state index in [4.69, 9.17) is 4.74 Å². The fourth-order valence-corrected chi connectivity index (χ4v) is 1.86. The summed E-state index contributed by atoms with van der Waals surface area (Å²) >= 11 is 0. The molecule has 0 spiro atoms. The second-order valence-electron chi connectivity index (χ2n) is 3.30. The van der Waals surface area contributed by atoms with Crippen molar-refractivity contribution in [3.05, 3.63) is 0 Å². The van der Waals surface area contributed by atoms with Crippen LogP contribution in [0.5, 0.6) is 0 Å². The molecule has 0 N–H and O–H groups in total. The molecule has 0 amide bonds. The molecule has 0 bridgehead atoms. The summed E-state index contributed by atoms with van der Waals surface area (Å²) in [7, 11) is 0. The highest BCUT2D eigenvalue weighted by Gasteiger charge is 2.43. The van der Waals surface area contributed by atoms with E-state index in [0.29, 0.717) is 12.2 Å². The molecular weight excluding hydrogens is 112 g/mol. The van der Waals surface area contributed by atoms with Crippen molar-refractivity contribution in [1.82, 2.24) is 0 Å². The van der Waals surface area contributed by atoms with E-state index in [0.717, 1.165) is 5.92 Å². The van der Waals surface area contributed by atoms with Crippen LogP contribution in [0.4, 0.5) is 0 Å². The highest BCUT2D eigenvalue weighted by atomic mass is 16.6. The van der Waals surface area contributed by atoms with Crippen LogP contribution in [0.3, 0.4) is 0 Å². The molecule has 0 aromatic heterocycles. The van der Waals surface area contributed by atoms with Gasteiger partial charge >= 0.3 is 0 Å². The number of ether oxygens (including phenoxy) is 1. The van der Waals surface area contributed by atoms with Gasteiger partial charge in [-0.1, -0.05) is 13.3 Å². The molecule has 1 aliphatic carbocycles. The van der Waals surface area contributed by atoms with Gasteiger partial charge < -0.3 is 4.74 Å². The van der Waals surface area contributed by atoms with Gasteiger partial charge in [0.1, 0.15) is 0 Å². The van der Waals surface area contributed by atoms with Crippen molar-refractivity contribution in [3.63, 3.8) is 0 Å². The first-order valence-corrected chi connectivity index (χ1v) is 4.05. The van der Waals surface area contributed by atoms with Crippen molar-refractivity contribution >= 4 is 0 Å². The van der Waals surface area contributed by atoms with Gasteiger partial charge in [-0.2, -0.15) is 0 Å². The molecule has 1 saturated carbocycles. The summed E-state index contributed by atoms with van der Waals surface area (Å²) in [6.45, 7) is 2.29.